The minimum absolute atomic E-state index is 0.0346. The van der Waals surface area contributed by atoms with E-state index in [1.165, 1.54) is 23.1 Å². The highest BCUT2D eigenvalue weighted by atomic mass is 19.4. The van der Waals surface area contributed by atoms with Gasteiger partial charge in [0, 0.05) is 5.69 Å². The van der Waals surface area contributed by atoms with Gasteiger partial charge in [0.2, 0.25) is 11.9 Å². The number of carbonyl (C=O) groups excluding carboxylic acids is 1. The lowest BCUT2D eigenvalue weighted by atomic mass is 10.2. The molecule has 0 fully saturated rings. The van der Waals surface area contributed by atoms with Gasteiger partial charge in [0.1, 0.15) is 12.9 Å². The van der Waals surface area contributed by atoms with Gasteiger partial charge < -0.3 is 11.1 Å². The first-order valence-electron chi connectivity index (χ1n) is 5.46. The average Bonchev–Trinajstić information content (AvgIpc) is 2.74. The van der Waals surface area contributed by atoms with Gasteiger partial charge in [-0.05, 0) is 24.3 Å². The Morgan fingerprint density at radius 2 is 1.95 bits per heavy atom. The molecule has 6 nitrogen and oxygen atoms in total. The van der Waals surface area contributed by atoms with Crippen molar-refractivity contribution in [3.05, 3.63) is 36.2 Å². The first kappa shape index (κ1) is 13.8. The monoisotopic (exact) mass is 285 g/mol. The summed E-state index contributed by atoms with van der Waals surface area (Å²) in [5, 5.41) is 6.16. The van der Waals surface area contributed by atoms with Crippen molar-refractivity contribution >= 4 is 17.5 Å². The molecule has 106 valence electrons. The highest BCUT2D eigenvalue weighted by Gasteiger charge is 2.29. The van der Waals surface area contributed by atoms with E-state index >= 15 is 0 Å². The number of nitrogens with two attached hydrogens (primary N) is 1. The number of nitrogen functional groups attached to an aromatic ring is 1. The molecule has 0 aliphatic heterocycles. The number of aromatic nitrogens is 3. The Kier molecular flexibility index (Phi) is 3.59. The Morgan fingerprint density at radius 3 is 2.45 bits per heavy atom. The maximum absolute atomic E-state index is 12.4. The third-order valence-corrected chi connectivity index (χ3v) is 2.36. The van der Waals surface area contributed by atoms with E-state index in [9.17, 15) is 18.0 Å². The van der Waals surface area contributed by atoms with Crippen LogP contribution in [-0.2, 0) is 17.5 Å². The predicted octanol–water partition coefficient (Wildman–Crippen LogP) is 1.52. The average molecular weight is 285 g/mol. The number of hydrogen-bond donors (Lipinski definition) is 2. The largest absolute Gasteiger partial charge is 0.416 e. The summed E-state index contributed by atoms with van der Waals surface area (Å²) in [6.07, 6.45) is -3.12. The van der Waals surface area contributed by atoms with Gasteiger partial charge >= 0.3 is 6.18 Å². The third kappa shape index (κ3) is 3.46. The lowest BCUT2D eigenvalue weighted by Crippen LogP contribution is -2.19. The summed E-state index contributed by atoms with van der Waals surface area (Å²) in [6, 6.07) is 4.14. The van der Waals surface area contributed by atoms with Gasteiger partial charge in [-0.25, -0.2) is 9.67 Å². The fourth-order valence-electron chi connectivity index (χ4n) is 1.48. The molecule has 0 unspecified atom stereocenters. The number of nitrogens with one attached hydrogen (secondary N) is 1. The van der Waals surface area contributed by atoms with Crippen LogP contribution in [0.5, 0.6) is 0 Å². The SMILES string of the molecule is Nc1ncn(CC(=O)Nc2ccc(C(F)(F)F)cc2)n1. The maximum atomic E-state index is 12.4. The molecule has 0 atom stereocenters. The topological polar surface area (TPSA) is 85.8 Å². The Labute approximate surface area is 111 Å². The summed E-state index contributed by atoms with van der Waals surface area (Å²) in [7, 11) is 0. The van der Waals surface area contributed by atoms with Crippen LogP contribution in [0.4, 0.5) is 24.8 Å². The zero-order valence-electron chi connectivity index (χ0n) is 10.1. The van der Waals surface area contributed by atoms with Crippen molar-refractivity contribution in [1.82, 2.24) is 14.8 Å². The van der Waals surface area contributed by atoms with Crippen LogP contribution in [0.2, 0.25) is 0 Å². The van der Waals surface area contributed by atoms with E-state index in [1.54, 1.807) is 0 Å². The van der Waals surface area contributed by atoms with E-state index in [2.05, 4.69) is 15.4 Å². The molecule has 0 aliphatic carbocycles. The molecule has 1 aromatic carbocycles. The number of amides is 1. The van der Waals surface area contributed by atoms with Crippen LogP contribution in [0, 0.1) is 0 Å². The van der Waals surface area contributed by atoms with Crippen LogP contribution in [0.15, 0.2) is 30.6 Å². The molecule has 20 heavy (non-hydrogen) atoms. The van der Waals surface area contributed by atoms with E-state index in [4.69, 9.17) is 5.73 Å². The molecule has 0 aliphatic rings. The number of benzene rings is 1. The molecule has 0 bridgehead atoms. The van der Waals surface area contributed by atoms with Crippen LogP contribution in [-0.4, -0.2) is 20.7 Å². The van der Waals surface area contributed by atoms with Crippen LogP contribution >= 0.6 is 0 Å². The molecular weight excluding hydrogens is 275 g/mol. The number of hydrogen-bond acceptors (Lipinski definition) is 4. The smallest absolute Gasteiger partial charge is 0.367 e. The van der Waals surface area contributed by atoms with Crippen LogP contribution in [0.1, 0.15) is 5.56 Å². The van der Waals surface area contributed by atoms with E-state index in [0.29, 0.717) is 0 Å². The van der Waals surface area contributed by atoms with Crippen molar-refractivity contribution in [2.24, 2.45) is 0 Å². The van der Waals surface area contributed by atoms with E-state index in [1.807, 2.05) is 0 Å². The minimum atomic E-state index is -4.40. The molecule has 9 heteroatoms. The Balaban J connectivity index is 1.98. The first-order valence-corrected chi connectivity index (χ1v) is 5.46. The van der Waals surface area contributed by atoms with Crippen molar-refractivity contribution in [1.29, 1.82) is 0 Å². The van der Waals surface area contributed by atoms with E-state index in [0.717, 1.165) is 12.1 Å². The van der Waals surface area contributed by atoms with Crippen LogP contribution in [0.3, 0.4) is 0 Å². The molecule has 1 amide bonds. The fourth-order valence-corrected chi connectivity index (χ4v) is 1.48. The number of nitrogens with zero attached hydrogens (tertiary/aromatic N) is 3. The van der Waals surface area contributed by atoms with Crippen molar-refractivity contribution < 1.29 is 18.0 Å². The second kappa shape index (κ2) is 5.19. The summed E-state index contributed by atoms with van der Waals surface area (Å²) < 4.78 is 38.3. The maximum Gasteiger partial charge on any atom is 0.416 e. The molecule has 1 aromatic heterocycles. The third-order valence-electron chi connectivity index (χ3n) is 2.36. The van der Waals surface area contributed by atoms with Crippen molar-refractivity contribution in [2.45, 2.75) is 12.7 Å². The van der Waals surface area contributed by atoms with Crippen LogP contribution in [0.25, 0.3) is 0 Å². The van der Waals surface area contributed by atoms with Gasteiger partial charge in [0.25, 0.3) is 0 Å². The van der Waals surface area contributed by atoms with Gasteiger partial charge in [0.05, 0.1) is 5.56 Å². The molecule has 3 N–H and O–H groups in total. The van der Waals surface area contributed by atoms with Gasteiger partial charge in [0.15, 0.2) is 0 Å². The van der Waals surface area contributed by atoms with Crippen molar-refractivity contribution in [3.8, 4) is 0 Å². The molecule has 0 spiro atoms. The summed E-state index contributed by atoms with van der Waals surface area (Å²) >= 11 is 0. The number of rotatable bonds is 3. The molecule has 1 heterocycles. The molecule has 0 saturated carbocycles. The standard InChI is InChI=1S/C11H10F3N5O/c12-11(13,14)7-1-3-8(4-2-7)17-9(20)5-19-6-16-10(15)18-19/h1-4,6H,5H2,(H2,15,18)(H,17,20). The van der Waals surface area contributed by atoms with Gasteiger partial charge in [-0.1, -0.05) is 0 Å². The Hall–Kier alpha value is -2.58. The Bertz CT molecular complexity index is 605. The number of carbonyl (C=O) groups is 1. The van der Waals surface area contributed by atoms with Crippen LogP contribution < -0.4 is 11.1 Å². The number of anilines is 2. The van der Waals surface area contributed by atoms with E-state index < -0.39 is 17.6 Å². The predicted molar refractivity (Wildman–Crippen MR) is 64.5 cm³/mol. The lowest BCUT2D eigenvalue weighted by molar-refractivity contribution is -0.137. The lowest BCUT2D eigenvalue weighted by Gasteiger charge is -2.08. The minimum Gasteiger partial charge on any atom is -0.367 e. The van der Waals surface area contributed by atoms with Crippen molar-refractivity contribution in [2.75, 3.05) is 11.1 Å². The summed E-state index contributed by atoms with van der Waals surface area (Å²) in [5.41, 5.74) is 4.77. The Morgan fingerprint density at radius 1 is 1.30 bits per heavy atom. The normalized spacial score (nSPS) is 11.3. The van der Waals surface area contributed by atoms with Crippen molar-refractivity contribution in [3.63, 3.8) is 0 Å². The van der Waals surface area contributed by atoms with E-state index in [-0.39, 0.29) is 18.2 Å². The summed E-state index contributed by atoms with van der Waals surface area (Å²) in [6.45, 7) is -0.134. The number of halogens is 3. The zero-order chi connectivity index (χ0) is 14.8. The molecule has 0 radical (unpaired) electrons. The molecule has 2 rings (SSSR count). The quantitative estimate of drug-likeness (QED) is 0.895. The fraction of sp³-hybridized carbons (Fsp3) is 0.182. The molecule has 0 saturated heterocycles. The zero-order valence-corrected chi connectivity index (χ0v) is 10.1. The molecular formula is C11H10F3N5O. The van der Waals surface area contributed by atoms with Gasteiger partial charge in [-0.3, -0.25) is 4.79 Å². The number of alkyl halides is 3. The highest BCUT2D eigenvalue weighted by Crippen LogP contribution is 2.29. The summed E-state index contributed by atoms with van der Waals surface area (Å²) in [5.74, 6) is -0.415. The molecule has 2 aromatic rings. The summed E-state index contributed by atoms with van der Waals surface area (Å²) in [4.78, 5) is 15.3. The second-order valence-electron chi connectivity index (χ2n) is 3.92. The second-order valence-corrected chi connectivity index (χ2v) is 3.92. The van der Waals surface area contributed by atoms with Gasteiger partial charge in [-0.15, -0.1) is 5.10 Å². The first-order chi connectivity index (χ1) is 9.34. The highest BCUT2D eigenvalue weighted by molar-refractivity contribution is 5.90. The van der Waals surface area contributed by atoms with Gasteiger partial charge in [-0.2, -0.15) is 13.2 Å².